The lowest BCUT2D eigenvalue weighted by Gasteiger charge is -2.20. The summed E-state index contributed by atoms with van der Waals surface area (Å²) in [6.45, 7) is 1.99. The van der Waals surface area contributed by atoms with E-state index in [9.17, 15) is 22.9 Å². The average molecular weight is 368 g/mol. The summed E-state index contributed by atoms with van der Waals surface area (Å²) in [5, 5.41) is 6.35. The van der Waals surface area contributed by atoms with Crippen LogP contribution < -0.4 is 9.74 Å². The summed E-state index contributed by atoms with van der Waals surface area (Å²) < 4.78 is 41.4. The van der Waals surface area contributed by atoms with Crippen molar-refractivity contribution in [1.82, 2.24) is 20.1 Å². The molecule has 1 fully saturated rings. The predicted octanol–water partition coefficient (Wildman–Crippen LogP) is 1.67. The Labute approximate surface area is 145 Å². The van der Waals surface area contributed by atoms with Gasteiger partial charge < -0.3 is 10.3 Å². The van der Waals surface area contributed by atoms with E-state index in [4.69, 9.17) is 0 Å². The molecule has 1 unspecified atom stereocenters. The van der Waals surface area contributed by atoms with Crippen molar-refractivity contribution in [3.8, 4) is 5.82 Å². The molecule has 1 atom stereocenters. The van der Waals surface area contributed by atoms with Gasteiger partial charge in [-0.3, -0.25) is 4.79 Å². The maximum atomic E-state index is 13.1. The standard InChI is InChI=1S/C16H16F3N5O2/c1-9-6-10-11(7-9)24(12-8-23(26)5-4-20-12)22-13(10)14(25)21-15(2-3-15)16(17,18)19/h4-5,8-9H,2-3,6-7H2,1H3,(H-,20,21,25,26)/p+1. The maximum absolute atomic E-state index is 13.1. The lowest BCUT2D eigenvalue weighted by Crippen LogP contribution is -2.48. The Morgan fingerprint density at radius 2 is 2.15 bits per heavy atom. The molecule has 1 amide bonds. The number of hydrogen-bond acceptors (Lipinski definition) is 3. The number of aromatic amines is 1. The second-order valence-electron chi connectivity index (χ2n) is 7.07. The van der Waals surface area contributed by atoms with Crippen LogP contribution in [0.25, 0.3) is 5.82 Å². The number of carbonyl (C=O) groups is 1. The number of halogens is 3. The lowest BCUT2D eigenvalue weighted by atomic mass is 10.1. The van der Waals surface area contributed by atoms with Gasteiger partial charge in [0.25, 0.3) is 12.1 Å². The van der Waals surface area contributed by atoms with E-state index >= 15 is 0 Å². The minimum atomic E-state index is -4.48. The van der Waals surface area contributed by atoms with Crippen molar-refractivity contribution in [2.24, 2.45) is 5.92 Å². The Kier molecular flexibility index (Phi) is 3.50. The molecule has 7 nitrogen and oxygen atoms in total. The summed E-state index contributed by atoms with van der Waals surface area (Å²) in [6.07, 6.45) is 0.414. The van der Waals surface area contributed by atoms with Crippen LogP contribution in [0.2, 0.25) is 0 Å². The first-order valence-corrected chi connectivity index (χ1v) is 8.31. The quantitative estimate of drug-likeness (QED) is 0.809. The molecule has 2 aliphatic rings. The van der Waals surface area contributed by atoms with Gasteiger partial charge in [0.05, 0.1) is 16.3 Å². The number of fused-ring (bicyclic) bond motifs is 1. The molecule has 2 aromatic heterocycles. The number of aromatic nitrogens is 4. The van der Waals surface area contributed by atoms with Gasteiger partial charge in [0.15, 0.2) is 5.69 Å². The highest BCUT2D eigenvalue weighted by Crippen LogP contribution is 2.49. The van der Waals surface area contributed by atoms with E-state index in [2.05, 4.69) is 15.4 Å². The molecule has 0 saturated heterocycles. The van der Waals surface area contributed by atoms with Crippen molar-refractivity contribution in [1.29, 1.82) is 0 Å². The summed E-state index contributed by atoms with van der Waals surface area (Å²) in [4.78, 5) is 27.0. The first kappa shape index (κ1) is 16.8. The van der Waals surface area contributed by atoms with E-state index in [0.29, 0.717) is 28.7 Å². The smallest absolute Gasteiger partial charge is 0.336 e. The number of hydrogen-bond donors (Lipinski definition) is 2. The minimum absolute atomic E-state index is 0.00502. The van der Waals surface area contributed by atoms with Crippen LogP contribution in [0.1, 0.15) is 41.5 Å². The second kappa shape index (κ2) is 5.42. The Balaban J connectivity index is 1.73. The molecule has 2 N–H and O–H groups in total. The van der Waals surface area contributed by atoms with Crippen molar-refractivity contribution in [2.75, 3.05) is 0 Å². The van der Waals surface area contributed by atoms with Gasteiger partial charge >= 0.3 is 6.18 Å². The van der Waals surface area contributed by atoms with Gasteiger partial charge in [0.1, 0.15) is 5.54 Å². The molecular weight excluding hydrogens is 351 g/mol. The Hall–Kier alpha value is -2.65. The number of alkyl halides is 3. The van der Waals surface area contributed by atoms with E-state index in [1.54, 1.807) is 0 Å². The predicted molar refractivity (Wildman–Crippen MR) is 83.3 cm³/mol. The molecule has 26 heavy (non-hydrogen) atoms. The third kappa shape index (κ3) is 2.60. The summed E-state index contributed by atoms with van der Waals surface area (Å²) >= 11 is 0. The Morgan fingerprint density at radius 3 is 2.77 bits per heavy atom. The fourth-order valence-electron chi connectivity index (χ4n) is 3.44. The number of nitrogens with zero attached hydrogens (tertiary/aromatic N) is 3. The molecule has 0 aliphatic heterocycles. The van der Waals surface area contributed by atoms with Gasteiger partial charge in [-0.05, 0) is 31.6 Å². The highest BCUT2D eigenvalue weighted by Gasteiger charge is 2.64. The summed E-state index contributed by atoms with van der Waals surface area (Å²) in [7, 11) is 0. The molecule has 4 rings (SSSR count). The molecule has 10 heteroatoms. The zero-order valence-corrected chi connectivity index (χ0v) is 13.9. The monoisotopic (exact) mass is 368 g/mol. The average Bonchev–Trinajstić information content (AvgIpc) is 3.12. The highest BCUT2D eigenvalue weighted by atomic mass is 19.4. The zero-order valence-electron chi connectivity index (χ0n) is 13.9. The largest absolute Gasteiger partial charge is 0.411 e. The van der Waals surface area contributed by atoms with Crippen LogP contribution in [0.3, 0.4) is 0 Å². The zero-order chi connectivity index (χ0) is 18.7. The van der Waals surface area contributed by atoms with Crippen molar-refractivity contribution in [3.05, 3.63) is 40.4 Å². The number of nitrogens with one attached hydrogen (secondary N) is 2. The minimum Gasteiger partial charge on any atom is -0.336 e. The lowest BCUT2D eigenvalue weighted by molar-refractivity contribution is -0.495. The topological polar surface area (TPSA) is 85.7 Å². The van der Waals surface area contributed by atoms with Crippen molar-refractivity contribution in [3.63, 3.8) is 0 Å². The van der Waals surface area contributed by atoms with E-state index in [-0.39, 0.29) is 24.5 Å². The van der Waals surface area contributed by atoms with Gasteiger partial charge in [0.2, 0.25) is 12.0 Å². The van der Waals surface area contributed by atoms with Crippen molar-refractivity contribution < 1.29 is 22.4 Å². The molecule has 2 heterocycles. The molecule has 0 spiro atoms. The SMILES string of the molecule is CC1Cc2c(C(=O)NC3(C(F)(F)F)CC3)nn(-c3c[n+](=O)cc[nH]3)c2C1. The third-order valence-electron chi connectivity index (χ3n) is 4.98. The number of carbonyl (C=O) groups excluding carboxylic acids is 1. The van der Waals surface area contributed by atoms with E-state index in [1.165, 1.54) is 23.3 Å². The fraction of sp³-hybridized carbons (Fsp3) is 0.500. The molecule has 0 bridgehead atoms. The first-order valence-electron chi connectivity index (χ1n) is 8.31. The van der Waals surface area contributed by atoms with Crippen LogP contribution in [0.4, 0.5) is 13.2 Å². The Bertz CT molecular complexity index is 942. The van der Waals surface area contributed by atoms with Crippen LogP contribution in [0, 0.1) is 10.8 Å². The Morgan fingerprint density at radius 1 is 1.42 bits per heavy atom. The van der Waals surface area contributed by atoms with E-state index in [0.717, 1.165) is 5.69 Å². The van der Waals surface area contributed by atoms with Crippen molar-refractivity contribution in [2.45, 2.75) is 44.3 Å². The van der Waals surface area contributed by atoms with Gasteiger partial charge in [-0.25, -0.2) is 4.68 Å². The third-order valence-corrected chi connectivity index (χ3v) is 4.98. The molecule has 2 aromatic rings. The molecule has 2 aliphatic carbocycles. The number of H-pyrrole nitrogens is 1. The summed E-state index contributed by atoms with van der Waals surface area (Å²) in [6, 6.07) is 0. The fourth-order valence-corrected chi connectivity index (χ4v) is 3.44. The summed E-state index contributed by atoms with van der Waals surface area (Å²) in [5.74, 6) is -0.236. The van der Waals surface area contributed by atoms with Gasteiger partial charge in [-0.2, -0.15) is 18.3 Å². The van der Waals surface area contributed by atoms with Crippen LogP contribution >= 0.6 is 0 Å². The van der Waals surface area contributed by atoms with Crippen LogP contribution in [0.15, 0.2) is 18.6 Å². The van der Waals surface area contributed by atoms with Crippen LogP contribution in [0.5, 0.6) is 0 Å². The van der Waals surface area contributed by atoms with E-state index < -0.39 is 17.6 Å². The first-order chi connectivity index (χ1) is 12.2. The molecule has 0 aromatic carbocycles. The van der Waals surface area contributed by atoms with Crippen molar-refractivity contribution >= 4 is 5.91 Å². The van der Waals surface area contributed by atoms with Crippen LogP contribution in [-0.2, 0) is 12.8 Å². The molecule has 0 radical (unpaired) electrons. The van der Waals surface area contributed by atoms with Gasteiger partial charge in [-0.15, -0.1) is 0 Å². The normalized spacial score (nSPS) is 20.7. The number of rotatable bonds is 3. The van der Waals surface area contributed by atoms with Gasteiger partial charge in [-0.1, -0.05) is 6.92 Å². The van der Waals surface area contributed by atoms with Gasteiger partial charge in [0, 0.05) is 10.5 Å². The number of amides is 1. The highest BCUT2D eigenvalue weighted by molar-refractivity contribution is 5.95. The van der Waals surface area contributed by atoms with Crippen LogP contribution in [-0.4, -0.2) is 32.4 Å². The van der Waals surface area contributed by atoms with E-state index in [1.807, 2.05) is 6.92 Å². The molecular formula is C16H17F3N5O2+. The maximum Gasteiger partial charge on any atom is 0.411 e. The second-order valence-corrected chi connectivity index (χ2v) is 7.07. The summed E-state index contributed by atoms with van der Waals surface area (Å²) in [5.41, 5.74) is -0.763. The molecule has 138 valence electrons. The molecule has 1 saturated carbocycles.